The molecule has 0 aliphatic carbocycles. The number of nitrogens with zero attached hydrogens (tertiary/aromatic N) is 1. The summed E-state index contributed by atoms with van der Waals surface area (Å²) in [6.45, 7) is 2.51. The Morgan fingerprint density at radius 2 is 1.93 bits per heavy atom. The van der Waals surface area contributed by atoms with Gasteiger partial charge in [-0.3, -0.25) is 9.59 Å². The topological polar surface area (TPSA) is 69.6 Å². The van der Waals surface area contributed by atoms with Crippen LogP contribution in [0.5, 0.6) is 0 Å². The number of nitrogens with one attached hydrogen (secondary N) is 1. The van der Waals surface area contributed by atoms with Crippen LogP contribution < -0.4 is 5.32 Å². The molecule has 0 spiro atoms. The van der Waals surface area contributed by atoms with Gasteiger partial charge in [0.1, 0.15) is 0 Å². The van der Waals surface area contributed by atoms with Crippen molar-refractivity contribution >= 4 is 11.9 Å². The van der Waals surface area contributed by atoms with Crippen LogP contribution in [0.15, 0.2) is 0 Å². The molecule has 0 saturated heterocycles. The molecule has 1 amide bonds. The van der Waals surface area contributed by atoms with Crippen molar-refractivity contribution < 1.29 is 14.7 Å². The number of hydrogen-bond acceptors (Lipinski definition) is 3. The molecule has 0 aliphatic heterocycles. The van der Waals surface area contributed by atoms with Gasteiger partial charge in [-0.25, -0.2) is 0 Å². The Kier molecular flexibility index (Phi) is 6.70. The summed E-state index contributed by atoms with van der Waals surface area (Å²) in [6, 6.07) is 0.135. The highest BCUT2D eigenvalue weighted by Crippen LogP contribution is 1.96. The zero-order chi connectivity index (χ0) is 11.8. The van der Waals surface area contributed by atoms with E-state index in [1.54, 1.807) is 19.0 Å². The molecule has 2 N–H and O–H groups in total. The van der Waals surface area contributed by atoms with Crippen LogP contribution in [0, 0.1) is 0 Å². The second kappa shape index (κ2) is 7.23. The molecule has 0 bridgehead atoms. The fourth-order valence-electron chi connectivity index (χ4n) is 1.09. The normalized spacial score (nSPS) is 12.2. The summed E-state index contributed by atoms with van der Waals surface area (Å²) < 4.78 is 0. The average Bonchev–Trinajstić information content (AvgIpc) is 2.14. The fraction of sp³-hybridized carbons (Fsp3) is 0.800. The molecule has 1 atom stereocenters. The first-order valence-electron chi connectivity index (χ1n) is 5.08. The molecular weight excluding hydrogens is 196 g/mol. The summed E-state index contributed by atoms with van der Waals surface area (Å²) in [5, 5.41) is 11.6. The molecular formula is C10H20N2O3. The lowest BCUT2D eigenvalue weighted by Gasteiger charge is -2.14. The minimum atomic E-state index is -0.784. The molecule has 0 aliphatic rings. The van der Waals surface area contributed by atoms with E-state index < -0.39 is 5.97 Å². The van der Waals surface area contributed by atoms with Crippen molar-refractivity contribution in [2.75, 3.05) is 20.6 Å². The van der Waals surface area contributed by atoms with Gasteiger partial charge in [0.05, 0.1) is 0 Å². The van der Waals surface area contributed by atoms with E-state index in [1.165, 1.54) is 0 Å². The van der Waals surface area contributed by atoms with Crippen LogP contribution >= 0.6 is 0 Å². The van der Waals surface area contributed by atoms with Crippen molar-refractivity contribution in [3.05, 3.63) is 0 Å². The van der Waals surface area contributed by atoms with E-state index in [0.717, 1.165) is 0 Å². The molecule has 0 aromatic carbocycles. The number of hydrogen-bond donors (Lipinski definition) is 2. The quantitative estimate of drug-likeness (QED) is 0.642. The van der Waals surface area contributed by atoms with Gasteiger partial charge in [-0.1, -0.05) is 0 Å². The molecule has 0 heterocycles. The van der Waals surface area contributed by atoms with E-state index in [-0.39, 0.29) is 18.4 Å². The highest BCUT2D eigenvalue weighted by Gasteiger charge is 2.07. The van der Waals surface area contributed by atoms with E-state index in [0.29, 0.717) is 19.4 Å². The number of amides is 1. The van der Waals surface area contributed by atoms with E-state index in [1.807, 2.05) is 6.92 Å². The van der Waals surface area contributed by atoms with Crippen molar-refractivity contribution in [3.8, 4) is 0 Å². The summed E-state index contributed by atoms with van der Waals surface area (Å²) in [5.41, 5.74) is 0. The Hall–Kier alpha value is -1.10. The first kappa shape index (κ1) is 13.9. The summed E-state index contributed by atoms with van der Waals surface area (Å²) in [7, 11) is 3.44. The number of carboxylic acid groups (broad SMARTS) is 1. The van der Waals surface area contributed by atoms with Gasteiger partial charge in [0, 0.05) is 39.5 Å². The predicted octanol–water partition coefficient (Wildman–Crippen LogP) is 0.308. The molecule has 0 saturated carbocycles. The van der Waals surface area contributed by atoms with Gasteiger partial charge in [-0.2, -0.15) is 0 Å². The molecule has 15 heavy (non-hydrogen) atoms. The van der Waals surface area contributed by atoms with Crippen LogP contribution in [0.3, 0.4) is 0 Å². The summed E-state index contributed by atoms with van der Waals surface area (Å²) in [4.78, 5) is 23.0. The molecule has 0 aromatic rings. The molecule has 0 radical (unpaired) electrons. The standard InChI is InChI=1S/C10H20N2O3/c1-8(4-5-10(14)15)11-7-6-9(13)12(2)3/h8,11H,4-7H2,1-3H3,(H,14,15). The van der Waals surface area contributed by atoms with Gasteiger partial charge < -0.3 is 15.3 Å². The Balaban J connectivity index is 3.50. The third-order valence-corrected chi connectivity index (χ3v) is 2.12. The van der Waals surface area contributed by atoms with E-state index in [4.69, 9.17) is 5.11 Å². The summed E-state index contributed by atoms with van der Waals surface area (Å²) >= 11 is 0. The third kappa shape index (κ3) is 7.93. The monoisotopic (exact) mass is 216 g/mol. The van der Waals surface area contributed by atoms with Crippen molar-refractivity contribution in [3.63, 3.8) is 0 Å². The minimum Gasteiger partial charge on any atom is -0.481 e. The lowest BCUT2D eigenvalue weighted by atomic mass is 10.2. The largest absolute Gasteiger partial charge is 0.481 e. The highest BCUT2D eigenvalue weighted by atomic mass is 16.4. The first-order chi connectivity index (χ1) is 6.93. The van der Waals surface area contributed by atoms with Crippen molar-refractivity contribution in [2.45, 2.75) is 32.2 Å². The predicted molar refractivity (Wildman–Crippen MR) is 57.6 cm³/mol. The maximum Gasteiger partial charge on any atom is 0.303 e. The van der Waals surface area contributed by atoms with Gasteiger partial charge in [-0.15, -0.1) is 0 Å². The lowest BCUT2D eigenvalue weighted by molar-refractivity contribution is -0.137. The number of carboxylic acids is 1. The zero-order valence-corrected chi connectivity index (χ0v) is 9.62. The Labute approximate surface area is 90.5 Å². The first-order valence-corrected chi connectivity index (χ1v) is 5.08. The average molecular weight is 216 g/mol. The molecule has 0 aromatic heterocycles. The van der Waals surface area contributed by atoms with Crippen molar-refractivity contribution in [1.82, 2.24) is 10.2 Å². The molecule has 1 unspecified atom stereocenters. The summed E-state index contributed by atoms with van der Waals surface area (Å²) in [6.07, 6.45) is 1.20. The van der Waals surface area contributed by atoms with Crippen LogP contribution in [-0.2, 0) is 9.59 Å². The second-order valence-electron chi connectivity index (χ2n) is 3.83. The Bertz CT molecular complexity index is 217. The molecule has 88 valence electrons. The van der Waals surface area contributed by atoms with E-state index in [9.17, 15) is 9.59 Å². The number of rotatable bonds is 7. The van der Waals surface area contributed by atoms with Crippen LogP contribution in [0.1, 0.15) is 26.2 Å². The molecule has 0 fully saturated rings. The number of aliphatic carboxylic acids is 1. The molecule has 5 heteroatoms. The van der Waals surface area contributed by atoms with E-state index in [2.05, 4.69) is 5.32 Å². The van der Waals surface area contributed by atoms with Crippen LogP contribution in [0.25, 0.3) is 0 Å². The van der Waals surface area contributed by atoms with Crippen molar-refractivity contribution in [2.24, 2.45) is 0 Å². The van der Waals surface area contributed by atoms with Crippen molar-refractivity contribution in [1.29, 1.82) is 0 Å². The SMILES string of the molecule is CC(CCC(=O)O)NCCC(=O)N(C)C. The Morgan fingerprint density at radius 3 is 2.40 bits per heavy atom. The molecule has 5 nitrogen and oxygen atoms in total. The number of carbonyl (C=O) groups excluding carboxylic acids is 1. The minimum absolute atomic E-state index is 0.0768. The van der Waals surface area contributed by atoms with Crippen LogP contribution in [0.2, 0.25) is 0 Å². The summed E-state index contributed by atoms with van der Waals surface area (Å²) in [5.74, 6) is -0.707. The van der Waals surface area contributed by atoms with Gasteiger partial charge in [-0.05, 0) is 13.3 Å². The second-order valence-corrected chi connectivity index (χ2v) is 3.83. The zero-order valence-electron chi connectivity index (χ0n) is 9.62. The maximum absolute atomic E-state index is 11.2. The van der Waals surface area contributed by atoms with Gasteiger partial charge >= 0.3 is 5.97 Å². The smallest absolute Gasteiger partial charge is 0.303 e. The fourth-order valence-corrected chi connectivity index (χ4v) is 1.09. The number of carbonyl (C=O) groups is 2. The Morgan fingerprint density at radius 1 is 1.33 bits per heavy atom. The van der Waals surface area contributed by atoms with Crippen LogP contribution in [0.4, 0.5) is 0 Å². The highest BCUT2D eigenvalue weighted by molar-refractivity contribution is 5.75. The lowest BCUT2D eigenvalue weighted by Crippen LogP contribution is -2.31. The maximum atomic E-state index is 11.2. The van der Waals surface area contributed by atoms with Gasteiger partial charge in [0.25, 0.3) is 0 Å². The van der Waals surface area contributed by atoms with Crippen LogP contribution in [-0.4, -0.2) is 48.6 Å². The van der Waals surface area contributed by atoms with E-state index >= 15 is 0 Å². The van der Waals surface area contributed by atoms with Gasteiger partial charge in [0.2, 0.25) is 5.91 Å². The van der Waals surface area contributed by atoms with Gasteiger partial charge in [0.15, 0.2) is 0 Å². The molecule has 0 rings (SSSR count). The third-order valence-electron chi connectivity index (χ3n) is 2.12.